The smallest absolute Gasteiger partial charge is 0.490 e. The van der Waals surface area contributed by atoms with Gasteiger partial charge in [-0.3, -0.25) is 0 Å². The van der Waals surface area contributed by atoms with E-state index in [2.05, 4.69) is 20.9 Å². The van der Waals surface area contributed by atoms with Crippen LogP contribution in [0.25, 0.3) is 0 Å². The molecule has 1 aromatic heterocycles. The minimum absolute atomic E-state index is 0.0613. The Kier molecular flexibility index (Phi) is 5.89. The molecule has 2 aromatic rings. The van der Waals surface area contributed by atoms with E-state index in [1.54, 1.807) is 13.2 Å². The summed E-state index contributed by atoms with van der Waals surface area (Å²) in [7, 11) is 1.57. The van der Waals surface area contributed by atoms with Gasteiger partial charge in [-0.15, -0.1) is 0 Å². The third-order valence-electron chi connectivity index (χ3n) is 3.62. The van der Waals surface area contributed by atoms with E-state index in [1.807, 2.05) is 12.1 Å². The Morgan fingerprint density at radius 2 is 2.00 bits per heavy atom. The standard InChI is InChI=1S/C14H11BrN4O2.C2HF3O2/c1-20-10-3-2-9(15)6-4-7-11(17)8(5-16)13(18)19-14(7)21-12(6)10;3-2(4,5)1(6)7/h2-3H,4H2,1H3,(H4,17,18,19);(H,6,7). The van der Waals surface area contributed by atoms with Crippen molar-refractivity contribution in [3.8, 4) is 23.4 Å². The van der Waals surface area contributed by atoms with Crippen molar-refractivity contribution in [1.29, 1.82) is 5.26 Å². The van der Waals surface area contributed by atoms with Gasteiger partial charge in [0.25, 0.3) is 0 Å². The van der Waals surface area contributed by atoms with Gasteiger partial charge >= 0.3 is 12.1 Å². The molecule has 0 fully saturated rings. The second kappa shape index (κ2) is 7.81. The van der Waals surface area contributed by atoms with Gasteiger partial charge in [0, 0.05) is 22.0 Å². The number of benzene rings is 1. The highest BCUT2D eigenvalue weighted by Crippen LogP contribution is 2.47. The molecule has 12 heteroatoms. The van der Waals surface area contributed by atoms with E-state index in [0.717, 1.165) is 10.0 Å². The number of methoxy groups -OCH3 is 1. The molecule has 0 aliphatic carbocycles. The van der Waals surface area contributed by atoms with Gasteiger partial charge in [-0.2, -0.15) is 23.4 Å². The second-order valence-electron chi connectivity index (χ2n) is 5.32. The van der Waals surface area contributed by atoms with Crippen LogP contribution in [-0.2, 0) is 11.2 Å². The third-order valence-corrected chi connectivity index (χ3v) is 4.37. The number of halogens is 4. The molecular formula is C16H12BrF3N4O4. The topological polar surface area (TPSA) is 144 Å². The van der Waals surface area contributed by atoms with Gasteiger partial charge < -0.3 is 26.0 Å². The number of carboxylic acid groups (broad SMARTS) is 1. The van der Waals surface area contributed by atoms with Crippen molar-refractivity contribution in [2.45, 2.75) is 12.6 Å². The highest BCUT2D eigenvalue weighted by Gasteiger charge is 2.38. The SMILES string of the molecule is COc1ccc(Br)c2c1Oc1nc(N)c(C#N)c(N)c1C2.O=C(O)C(F)(F)F. The number of alkyl halides is 3. The van der Waals surface area contributed by atoms with Crippen LogP contribution in [0.4, 0.5) is 24.7 Å². The van der Waals surface area contributed by atoms with E-state index in [-0.39, 0.29) is 11.4 Å². The zero-order valence-corrected chi connectivity index (χ0v) is 15.7. The maximum absolute atomic E-state index is 10.6. The van der Waals surface area contributed by atoms with E-state index in [0.29, 0.717) is 35.1 Å². The summed E-state index contributed by atoms with van der Waals surface area (Å²) in [5, 5.41) is 16.2. The van der Waals surface area contributed by atoms with Crippen molar-refractivity contribution >= 4 is 33.4 Å². The first-order chi connectivity index (χ1) is 13.0. The molecule has 5 N–H and O–H groups in total. The minimum atomic E-state index is -5.08. The maximum atomic E-state index is 10.6. The second-order valence-corrected chi connectivity index (χ2v) is 6.17. The molecule has 148 valence electrons. The van der Waals surface area contributed by atoms with Gasteiger partial charge in [-0.1, -0.05) is 15.9 Å². The van der Waals surface area contributed by atoms with Crippen LogP contribution < -0.4 is 20.9 Å². The van der Waals surface area contributed by atoms with Crippen molar-refractivity contribution in [2.75, 3.05) is 18.6 Å². The van der Waals surface area contributed by atoms with Crippen LogP contribution in [0, 0.1) is 11.3 Å². The number of anilines is 2. The number of nitriles is 1. The van der Waals surface area contributed by atoms with E-state index < -0.39 is 12.1 Å². The Bertz CT molecular complexity index is 990. The van der Waals surface area contributed by atoms with Gasteiger partial charge in [0.1, 0.15) is 17.5 Å². The molecule has 0 unspecified atom stereocenters. The average molecular weight is 461 g/mol. The first-order valence-electron chi connectivity index (χ1n) is 7.32. The number of nitrogen functional groups attached to an aromatic ring is 2. The Morgan fingerprint density at radius 1 is 1.39 bits per heavy atom. The summed E-state index contributed by atoms with van der Waals surface area (Å²) in [6.07, 6.45) is -4.60. The summed E-state index contributed by atoms with van der Waals surface area (Å²) < 4.78 is 43.7. The summed E-state index contributed by atoms with van der Waals surface area (Å²) in [5.41, 5.74) is 13.8. The minimum Gasteiger partial charge on any atom is -0.493 e. The molecule has 1 aliphatic heterocycles. The van der Waals surface area contributed by atoms with Crippen LogP contribution >= 0.6 is 15.9 Å². The number of aromatic nitrogens is 1. The van der Waals surface area contributed by atoms with Crippen LogP contribution in [-0.4, -0.2) is 29.3 Å². The Labute approximate surface area is 164 Å². The molecule has 0 amide bonds. The number of nitrogens with two attached hydrogens (primary N) is 2. The molecule has 0 atom stereocenters. The monoisotopic (exact) mass is 460 g/mol. The number of hydrogen-bond donors (Lipinski definition) is 3. The van der Waals surface area contributed by atoms with Crippen molar-refractivity contribution in [2.24, 2.45) is 0 Å². The number of pyridine rings is 1. The number of fused-ring (bicyclic) bond motifs is 2. The number of carbonyl (C=O) groups is 1. The lowest BCUT2D eigenvalue weighted by Crippen LogP contribution is -2.21. The summed E-state index contributed by atoms with van der Waals surface area (Å²) in [4.78, 5) is 13.0. The summed E-state index contributed by atoms with van der Waals surface area (Å²) in [6, 6.07) is 5.64. The lowest BCUT2D eigenvalue weighted by molar-refractivity contribution is -0.192. The van der Waals surface area contributed by atoms with E-state index in [1.165, 1.54) is 0 Å². The van der Waals surface area contributed by atoms with Crippen LogP contribution in [0.1, 0.15) is 16.7 Å². The van der Waals surface area contributed by atoms with E-state index >= 15 is 0 Å². The molecule has 3 rings (SSSR count). The number of aliphatic carboxylic acids is 1. The van der Waals surface area contributed by atoms with Crippen molar-refractivity contribution in [3.05, 3.63) is 33.3 Å². The average Bonchev–Trinajstić information content (AvgIpc) is 2.61. The number of hydrogen-bond acceptors (Lipinski definition) is 7. The van der Waals surface area contributed by atoms with Gasteiger partial charge in [-0.05, 0) is 12.1 Å². The van der Waals surface area contributed by atoms with Crippen molar-refractivity contribution in [1.82, 2.24) is 4.98 Å². The molecule has 0 saturated heterocycles. The predicted molar refractivity (Wildman–Crippen MR) is 95.0 cm³/mol. The molecule has 1 aliphatic rings. The zero-order valence-electron chi connectivity index (χ0n) is 14.1. The van der Waals surface area contributed by atoms with Crippen LogP contribution in [0.15, 0.2) is 16.6 Å². The fraction of sp³-hybridized carbons (Fsp3) is 0.188. The van der Waals surface area contributed by atoms with Crippen molar-refractivity contribution in [3.63, 3.8) is 0 Å². The molecular weight excluding hydrogens is 449 g/mol. The lowest BCUT2D eigenvalue weighted by atomic mass is 9.99. The molecule has 0 saturated carbocycles. The summed E-state index contributed by atoms with van der Waals surface area (Å²) >= 11 is 3.49. The van der Waals surface area contributed by atoms with Crippen LogP contribution in [0.2, 0.25) is 0 Å². The number of nitrogens with zero attached hydrogens (tertiary/aromatic N) is 2. The van der Waals surface area contributed by atoms with Gasteiger partial charge in [0.15, 0.2) is 11.5 Å². The molecule has 1 aromatic carbocycles. The highest BCUT2D eigenvalue weighted by atomic mass is 79.9. The van der Waals surface area contributed by atoms with E-state index in [4.69, 9.17) is 36.1 Å². The first-order valence-corrected chi connectivity index (χ1v) is 8.11. The predicted octanol–water partition coefficient (Wildman–Crippen LogP) is 3.22. The fourth-order valence-corrected chi connectivity index (χ4v) is 2.76. The van der Waals surface area contributed by atoms with E-state index in [9.17, 15) is 13.2 Å². The maximum Gasteiger partial charge on any atom is 0.490 e. The Balaban J connectivity index is 0.000000345. The quantitative estimate of drug-likeness (QED) is 0.501. The largest absolute Gasteiger partial charge is 0.493 e. The molecule has 2 heterocycles. The van der Waals surface area contributed by atoms with Gasteiger partial charge in [-0.25, -0.2) is 4.79 Å². The lowest BCUT2D eigenvalue weighted by Gasteiger charge is -2.24. The zero-order chi connectivity index (χ0) is 21.2. The van der Waals surface area contributed by atoms with Gasteiger partial charge in [0.05, 0.1) is 12.8 Å². The molecule has 0 radical (unpaired) electrons. The summed E-state index contributed by atoms with van der Waals surface area (Å²) in [6.45, 7) is 0. The molecule has 8 nitrogen and oxygen atoms in total. The van der Waals surface area contributed by atoms with Gasteiger partial charge in [0.2, 0.25) is 5.88 Å². The summed E-state index contributed by atoms with van der Waals surface area (Å²) in [5.74, 6) is -1.20. The Hall–Kier alpha value is -3.20. The molecule has 0 bridgehead atoms. The number of carboxylic acids is 1. The van der Waals surface area contributed by atoms with Crippen molar-refractivity contribution < 1.29 is 32.5 Å². The highest BCUT2D eigenvalue weighted by molar-refractivity contribution is 9.10. The molecule has 28 heavy (non-hydrogen) atoms. The normalized spacial score (nSPS) is 11.7. The third kappa shape index (κ3) is 4.04. The number of ether oxygens (including phenoxy) is 2. The van der Waals surface area contributed by atoms with Crippen LogP contribution in [0.3, 0.4) is 0 Å². The van der Waals surface area contributed by atoms with Crippen LogP contribution in [0.5, 0.6) is 17.4 Å². The Morgan fingerprint density at radius 3 is 2.50 bits per heavy atom. The number of rotatable bonds is 1. The first kappa shape index (κ1) is 21.1. The fourth-order valence-electron chi connectivity index (χ4n) is 2.30. The molecule has 0 spiro atoms.